The molecule has 0 amide bonds. The predicted octanol–water partition coefficient (Wildman–Crippen LogP) is 3.47. The summed E-state index contributed by atoms with van der Waals surface area (Å²) < 4.78 is 45.1. The molecule has 0 N–H and O–H groups in total. The third-order valence-corrected chi connectivity index (χ3v) is 6.82. The van der Waals surface area contributed by atoms with E-state index in [0.717, 1.165) is 11.1 Å². The molecule has 3 aromatic rings. The molecular weight excluding hydrogens is 416 g/mol. The predicted molar refractivity (Wildman–Crippen MR) is 115 cm³/mol. The average molecular weight is 441 g/mol. The van der Waals surface area contributed by atoms with Crippen molar-refractivity contribution in [2.75, 3.05) is 20.3 Å². The van der Waals surface area contributed by atoms with Crippen LogP contribution in [0.15, 0.2) is 78.0 Å². The van der Waals surface area contributed by atoms with Crippen molar-refractivity contribution in [3.05, 3.63) is 84.2 Å². The van der Waals surface area contributed by atoms with E-state index in [2.05, 4.69) is 4.98 Å². The van der Waals surface area contributed by atoms with E-state index in [1.807, 2.05) is 54.6 Å². The molecule has 0 spiro atoms. The van der Waals surface area contributed by atoms with Gasteiger partial charge >= 0.3 is 0 Å². The van der Waals surface area contributed by atoms with Gasteiger partial charge in [-0.05, 0) is 23.3 Å². The van der Waals surface area contributed by atoms with Crippen LogP contribution in [-0.2, 0) is 32.5 Å². The third kappa shape index (κ3) is 5.11. The largest absolute Gasteiger partial charge is 0.593 e. The summed E-state index contributed by atoms with van der Waals surface area (Å²) in [5.41, 5.74) is 1.89. The highest BCUT2D eigenvalue weighted by Gasteiger charge is 2.39. The van der Waals surface area contributed by atoms with Gasteiger partial charge in [-0.3, -0.25) is 4.98 Å². The highest BCUT2D eigenvalue weighted by molar-refractivity contribution is 7.95. The summed E-state index contributed by atoms with van der Waals surface area (Å²) in [6.45, 7) is 1.05. The lowest BCUT2D eigenvalue weighted by molar-refractivity contribution is 0.0331. The number of fused-ring (bicyclic) bond motifs is 1. The minimum absolute atomic E-state index is 0.0640. The van der Waals surface area contributed by atoms with Crippen LogP contribution in [0.25, 0.3) is 0 Å². The Morgan fingerprint density at radius 3 is 2.65 bits per heavy atom. The van der Waals surface area contributed by atoms with Crippen molar-refractivity contribution in [3.63, 3.8) is 0 Å². The van der Waals surface area contributed by atoms with E-state index in [0.29, 0.717) is 18.1 Å². The lowest BCUT2D eigenvalue weighted by Gasteiger charge is -2.26. The molecule has 0 saturated heterocycles. The van der Waals surface area contributed by atoms with Crippen LogP contribution >= 0.6 is 0 Å². The maximum atomic E-state index is 13.3. The SMILES string of the molecule is COc1ccc(CN2C[C@H](COCc3ccccc3)Oc3ccncc3[S+]2(=O)[O-])cc1. The number of hydrogen-bond donors (Lipinski definition) is 0. The maximum absolute atomic E-state index is 13.3. The van der Waals surface area contributed by atoms with E-state index in [1.54, 1.807) is 13.2 Å². The molecule has 0 aliphatic carbocycles. The van der Waals surface area contributed by atoms with Gasteiger partial charge in [0.2, 0.25) is 4.90 Å². The molecule has 31 heavy (non-hydrogen) atoms. The van der Waals surface area contributed by atoms with Crippen LogP contribution in [-0.4, -0.2) is 40.2 Å². The van der Waals surface area contributed by atoms with Gasteiger partial charge in [0.25, 0.3) is 0 Å². The fourth-order valence-electron chi connectivity index (χ4n) is 3.39. The summed E-state index contributed by atoms with van der Waals surface area (Å²) in [5, 5.41) is 0. The molecular formula is C23H24N2O5S. The van der Waals surface area contributed by atoms with Crippen LogP contribution in [0.3, 0.4) is 0 Å². The Hall–Kier alpha value is -2.78. The summed E-state index contributed by atoms with van der Waals surface area (Å²) in [5.74, 6) is 1.01. The molecule has 7 nitrogen and oxygen atoms in total. The molecule has 0 saturated carbocycles. The van der Waals surface area contributed by atoms with Crippen LogP contribution in [0.2, 0.25) is 0 Å². The number of methoxy groups -OCH3 is 1. The molecule has 162 valence electrons. The Balaban J connectivity index is 1.54. The van der Waals surface area contributed by atoms with Crippen molar-refractivity contribution in [3.8, 4) is 11.5 Å². The van der Waals surface area contributed by atoms with Crippen molar-refractivity contribution < 1.29 is 23.0 Å². The van der Waals surface area contributed by atoms with Crippen LogP contribution < -0.4 is 9.47 Å². The van der Waals surface area contributed by atoms with E-state index >= 15 is 0 Å². The Morgan fingerprint density at radius 2 is 1.90 bits per heavy atom. The van der Waals surface area contributed by atoms with E-state index in [1.165, 1.54) is 16.7 Å². The first-order valence-electron chi connectivity index (χ1n) is 9.91. The van der Waals surface area contributed by atoms with Gasteiger partial charge in [0.05, 0.1) is 39.6 Å². The molecule has 0 bridgehead atoms. The van der Waals surface area contributed by atoms with Crippen LogP contribution in [0, 0.1) is 0 Å². The highest BCUT2D eigenvalue weighted by atomic mass is 32.3. The summed E-state index contributed by atoms with van der Waals surface area (Å²) in [6, 6.07) is 18.7. The minimum Gasteiger partial charge on any atom is -0.593 e. The zero-order valence-corrected chi connectivity index (χ0v) is 18.0. The molecule has 4 rings (SSSR count). The van der Waals surface area contributed by atoms with Gasteiger partial charge in [0, 0.05) is 12.3 Å². The fraction of sp³-hybridized carbons (Fsp3) is 0.261. The number of sulfonamides is 1. The summed E-state index contributed by atoms with van der Waals surface area (Å²) in [7, 11) is -2.19. The van der Waals surface area contributed by atoms with Crippen LogP contribution in [0.5, 0.6) is 11.5 Å². The standard InChI is InChI=1S/C23H24N2O5S/c1-28-20-9-7-18(8-10-20)14-25-15-21(17-29-16-19-5-3-2-4-6-19)30-22-11-12-24-13-23(22)31(25,26)27/h2-13,21H,14-17H2,1H3/t21-/m1/s1. The molecule has 0 fully saturated rings. The summed E-state index contributed by atoms with van der Waals surface area (Å²) >= 11 is 0. The zero-order valence-electron chi connectivity index (χ0n) is 17.2. The van der Waals surface area contributed by atoms with Crippen molar-refractivity contribution >= 4 is 10.4 Å². The molecule has 2 atom stereocenters. The Labute approximate surface area is 183 Å². The van der Waals surface area contributed by atoms with Gasteiger partial charge in [0.15, 0.2) is 16.1 Å². The van der Waals surface area contributed by atoms with Gasteiger partial charge in [-0.2, -0.15) is 0 Å². The number of benzene rings is 2. The second kappa shape index (κ2) is 9.57. The molecule has 1 unspecified atom stereocenters. The van der Waals surface area contributed by atoms with E-state index < -0.39 is 16.5 Å². The second-order valence-electron chi connectivity index (χ2n) is 7.21. The maximum Gasteiger partial charge on any atom is 0.235 e. The van der Waals surface area contributed by atoms with Crippen molar-refractivity contribution in [2.45, 2.75) is 24.2 Å². The van der Waals surface area contributed by atoms with E-state index in [4.69, 9.17) is 14.2 Å². The van der Waals surface area contributed by atoms with E-state index in [9.17, 15) is 8.76 Å². The van der Waals surface area contributed by atoms with Crippen LogP contribution in [0.4, 0.5) is 0 Å². The smallest absolute Gasteiger partial charge is 0.235 e. The normalized spacial score (nSPS) is 21.0. The van der Waals surface area contributed by atoms with Crippen molar-refractivity contribution in [2.24, 2.45) is 0 Å². The summed E-state index contributed by atoms with van der Waals surface area (Å²) in [6.07, 6.45) is 2.40. The first kappa shape index (κ1) is 21.5. The van der Waals surface area contributed by atoms with E-state index in [-0.39, 0.29) is 24.6 Å². The Morgan fingerprint density at radius 1 is 1.13 bits per heavy atom. The molecule has 1 aliphatic heterocycles. The summed E-state index contributed by atoms with van der Waals surface area (Å²) in [4.78, 5) is 4.06. The Bertz CT molecular complexity index is 1050. The molecule has 2 aromatic carbocycles. The lowest BCUT2D eigenvalue weighted by Crippen LogP contribution is -2.41. The number of rotatable bonds is 7. The van der Waals surface area contributed by atoms with Gasteiger partial charge in [-0.1, -0.05) is 46.7 Å². The topological polar surface area (TPSA) is 84.0 Å². The van der Waals surface area contributed by atoms with Crippen molar-refractivity contribution in [1.82, 2.24) is 9.29 Å². The quantitative estimate of drug-likeness (QED) is 0.523. The number of nitrogens with zero attached hydrogens (tertiary/aromatic N) is 2. The monoisotopic (exact) mass is 440 g/mol. The zero-order chi connectivity index (χ0) is 21.7. The lowest BCUT2D eigenvalue weighted by atomic mass is 10.2. The minimum atomic E-state index is -3.78. The molecule has 1 aromatic heterocycles. The Kier molecular flexibility index (Phi) is 6.62. The third-order valence-electron chi connectivity index (χ3n) is 5.00. The first-order valence-corrected chi connectivity index (χ1v) is 11.4. The average Bonchev–Trinajstić information content (AvgIpc) is 2.89. The second-order valence-corrected chi connectivity index (χ2v) is 9.11. The van der Waals surface area contributed by atoms with Gasteiger partial charge in [-0.15, -0.1) is 4.31 Å². The number of pyridine rings is 1. The van der Waals surface area contributed by atoms with Gasteiger partial charge in [0.1, 0.15) is 11.9 Å². The number of aromatic nitrogens is 1. The molecule has 8 heteroatoms. The van der Waals surface area contributed by atoms with Crippen molar-refractivity contribution in [1.29, 1.82) is 0 Å². The number of hydrogen-bond acceptors (Lipinski definition) is 6. The number of ether oxygens (including phenoxy) is 3. The first-order chi connectivity index (χ1) is 15.1. The molecule has 2 heterocycles. The van der Waals surface area contributed by atoms with Gasteiger partial charge in [-0.25, -0.2) is 0 Å². The highest BCUT2D eigenvalue weighted by Crippen LogP contribution is 2.34. The molecule has 1 aliphatic rings. The van der Waals surface area contributed by atoms with Crippen LogP contribution in [0.1, 0.15) is 11.1 Å². The fourth-order valence-corrected chi connectivity index (χ4v) is 4.92. The van der Waals surface area contributed by atoms with Gasteiger partial charge < -0.3 is 18.8 Å². The molecule has 0 radical (unpaired) electrons.